The third-order valence-electron chi connectivity index (χ3n) is 6.39. The minimum Gasteiger partial charge on any atom is -0.487 e. The number of hydrogen-bond acceptors (Lipinski definition) is 6. The number of benzene rings is 3. The van der Waals surface area contributed by atoms with Gasteiger partial charge in [0, 0.05) is 23.3 Å². The highest BCUT2D eigenvalue weighted by Gasteiger charge is 2.33. The number of rotatable bonds is 8. The molecule has 1 aliphatic heterocycles. The fourth-order valence-electron chi connectivity index (χ4n) is 4.50. The van der Waals surface area contributed by atoms with Gasteiger partial charge in [-0.1, -0.05) is 30.3 Å². The largest absolute Gasteiger partial charge is 0.487 e. The number of carbonyl (C=O) groups is 2. The Morgan fingerprint density at radius 2 is 1.97 bits per heavy atom. The van der Waals surface area contributed by atoms with E-state index in [0.717, 1.165) is 6.42 Å². The monoisotopic (exact) mass is 545 g/mol. The summed E-state index contributed by atoms with van der Waals surface area (Å²) in [5.41, 5.74) is 2.59. The number of nitrogens with one attached hydrogen (secondary N) is 2. The van der Waals surface area contributed by atoms with Crippen molar-refractivity contribution < 1.29 is 18.7 Å². The van der Waals surface area contributed by atoms with Crippen molar-refractivity contribution in [3.63, 3.8) is 0 Å². The maximum absolute atomic E-state index is 13.4. The molecule has 3 aromatic carbocycles. The van der Waals surface area contributed by atoms with Gasteiger partial charge in [0.25, 0.3) is 0 Å². The number of ether oxygens (including phenoxy) is 1. The van der Waals surface area contributed by atoms with Gasteiger partial charge in [-0.15, -0.1) is 0 Å². The van der Waals surface area contributed by atoms with E-state index in [4.69, 9.17) is 16.3 Å². The molecule has 8 nitrogen and oxygen atoms in total. The quantitative estimate of drug-likeness (QED) is 0.269. The summed E-state index contributed by atoms with van der Waals surface area (Å²) in [4.78, 5) is 35.3. The van der Waals surface area contributed by atoms with Crippen molar-refractivity contribution >= 4 is 51.5 Å². The summed E-state index contributed by atoms with van der Waals surface area (Å²) < 4.78 is 19.2. The molecule has 1 aromatic heterocycles. The van der Waals surface area contributed by atoms with Gasteiger partial charge < -0.3 is 20.3 Å². The third kappa shape index (κ3) is 5.99. The molecule has 0 aliphatic carbocycles. The average molecular weight is 546 g/mol. The molecule has 2 N–H and O–H groups in total. The molecule has 198 valence electrons. The predicted octanol–water partition coefficient (Wildman–Crippen LogP) is 5.86. The van der Waals surface area contributed by atoms with E-state index in [1.165, 1.54) is 29.4 Å². The van der Waals surface area contributed by atoms with E-state index in [1.54, 1.807) is 48.5 Å². The van der Waals surface area contributed by atoms with Crippen molar-refractivity contribution in [2.75, 3.05) is 17.2 Å². The summed E-state index contributed by atoms with van der Waals surface area (Å²) >= 11 is 6.45. The molecule has 1 aliphatic rings. The molecule has 0 saturated carbocycles. The lowest BCUT2D eigenvalue weighted by Gasteiger charge is -2.22. The number of amides is 2. The number of aromatic nitrogens is 2. The first-order valence-corrected chi connectivity index (χ1v) is 12.7. The normalized spacial score (nSPS) is 14.7. The Bertz CT molecular complexity index is 1560. The van der Waals surface area contributed by atoms with Crippen LogP contribution in [-0.4, -0.2) is 39.3 Å². The number of nitrogens with zero attached hydrogens (tertiary/aromatic N) is 3. The van der Waals surface area contributed by atoms with Crippen LogP contribution in [0.3, 0.4) is 0 Å². The second-order valence-corrected chi connectivity index (χ2v) is 9.43. The van der Waals surface area contributed by atoms with Crippen LogP contribution < -0.4 is 15.4 Å². The highest BCUT2D eigenvalue weighted by molar-refractivity contribution is 6.32. The first-order chi connectivity index (χ1) is 18.9. The smallest absolute Gasteiger partial charge is 0.247 e. The second-order valence-electron chi connectivity index (χ2n) is 9.03. The van der Waals surface area contributed by atoms with Crippen LogP contribution in [0.5, 0.6) is 5.75 Å². The summed E-state index contributed by atoms with van der Waals surface area (Å²) in [7, 11) is 0. The van der Waals surface area contributed by atoms with Gasteiger partial charge in [0.15, 0.2) is 0 Å². The molecule has 2 heterocycles. The number of fused-ring (bicyclic) bond motifs is 1. The Morgan fingerprint density at radius 3 is 2.77 bits per heavy atom. The van der Waals surface area contributed by atoms with Gasteiger partial charge in [-0.25, -0.2) is 14.4 Å². The van der Waals surface area contributed by atoms with E-state index < -0.39 is 6.04 Å². The van der Waals surface area contributed by atoms with Crippen LogP contribution in [0, 0.1) is 5.82 Å². The summed E-state index contributed by atoms with van der Waals surface area (Å²) in [5, 5.41) is 7.21. The van der Waals surface area contributed by atoms with Crippen LogP contribution in [0.15, 0.2) is 79.6 Å². The fraction of sp³-hybridized carbons (Fsp3) is 0.172. The standard InChI is InChI=1S/C29H25ClFN5O3/c1-2-27(37)36-12-4-7-25(36)29(38)35-20-8-10-24-22(14-20)28(33-17-32-24)34-21-9-11-26(23(30)15-21)39-16-18-5-3-6-19(31)13-18/h2-3,5-6,8-11,13-15,17,25H,1,4,7,12,16H2,(H,35,38)(H,32,33,34). The number of carbonyl (C=O) groups excluding carboxylic acids is 2. The van der Waals surface area contributed by atoms with Gasteiger partial charge in [-0.3, -0.25) is 9.59 Å². The zero-order valence-corrected chi connectivity index (χ0v) is 21.6. The Kier molecular flexibility index (Phi) is 7.69. The number of halogens is 2. The van der Waals surface area contributed by atoms with Crippen LogP contribution in [0.4, 0.5) is 21.6 Å². The molecule has 4 aromatic rings. The van der Waals surface area contributed by atoms with E-state index in [1.807, 2.05) is 0 Å². The molecule has 39 heavy (non-hydrogen) atoms. The minimum absolute atomic E-state index is 0.176. The molecule has 0 radical (unpaired) electrons. The molecule has 10 heteroatoms. The molecule has 1 saturated heterocycles. The molecule has 5 rings (SSSR count). The number of anilines is 3. The zero-order chi connectivity index (χ0) is 27.4. The van der Waals surface area contributed by atoms with Crippen LogP contribution >= 0.6 is 11.6 Å². The lowest BCUT2D eigenvalue weighted by molar-refractivity contribution is -0.132. The third-order valence-corrected chi connectivity index (χ3v) is 6.69. The maximum atomic E-state index is 13.4. The SMILES string of the molecule is C=CC(=O)N1CCCC1C(=O)Nc1ccc2ncnc(Nc3ccc(OCc4cccc(F)c4)c(Cl)c3)c2c1. The lowest BCUT2D eigenvalue weighted by Crippen LogP contribution is -2.42. The van der Waals surface area contributed by atoms with Gasteiger partial charge in [0.1, 0.15) is 36.4 Å². The van der Waals surface area contributed by atoms with Crippen molar-refractivity contribution in [3.05, 3.63) is 96.0 Å². The van der Waals surface area contributed by atoms with Gasteiger partial charge in [0.05, 0.1) is 10.5 Å². The van der Waals surface area contributed by atoms with Gasteiger partial charge in [0.2, 0.25) is 11.8 Å². The summed E-state index contributed by atoms with van der Waals surface area (Å²) in [6, 6.07) is 16.2. The van der Waals surface area contributed by atoms with E-state index in [-0.39, 0.29) is 24.2 Å². The Labute approximate surface area is 229 Å². The van der Waals surface area contributed by atoms with Crippen LogP contribution in [0.25, 0.3) is 10.9 Å². The number of likely N-dealkylation sites (tertiary alicyclic amines) is 1. The number of hydrogen-bond donors (Lipinski definition) is 2. The Morgan fingerprint density at radius 1 is 1.13 bits per heavy atom. The van der Waals surface area contributed by atoms with Gasteiger partial charge >= 0.3 is 0 Å². The molecule has 1 unspecified atom stereocenters. The first kappa shape index (κ1) is 26.1. The van der Waals surface area contributed by atoms with Gasteiger partial charge in [-0.2, -0.15) is 0 Å². The molecule has 1 atom stereocenters. The summed E-state index contributed by atoms with van der Waals surface area (Å²) in [5.74, 6) is 0.138. The van der Waals surface area contributed by atoms with Crippen molar-refractivity contribution in [1.29, 1.82) is 0 Å². The van der Waals surface area contributed by atoms with Crippen molar-refractivity contribution in [3.8, 4) is 5.75 Å². The maximum Gasteiger partial charge on any atom is 0.247 e. The lowest BCUT2D eigenvalue weighted by atomic mass is 10.1. The molecule has 1 fully saturated rings. The zero-order valence-electron chi connectivity index (χ0n) is 20.9. The van der Waals surface area contributed by atoms with E-state index in [9.17, 15) is 14.0 Å². The van der Waals surface area contributed by atoms with Crippen molar-refractivity contribution in [1.82, 2.24) is 14.9 Å². The first-order valence-electron chi connectivity index (χ1n) is 12.3. The fourth-order valence-corrected chi connectivity index (χ4v) is 4.74. The van der Waals surface area contributed by atoms with Crippen molar-refractivity contribution in [2.24, 2.45) is 0 Å². The topological polar surface area (TPSA) is 96.5 Å². The van der Waals surface area contributed by atoms with E-state index >= 15 is 0 Å². The Balaban J connectivity index is 1.31. The molecular weight excluding hydrogens is 521 g/mol. The molecule has 2 amide bonds. The molecular formula is C29H25ClFN5O3. The van der Waals surface area contributed by atoms with E-state index in [0.29, 0.717) is 57.4 Å². The van der Waals surface area contributed by atoms with Crippen molar-refractivity contribution in [2.45, 2.75) is 25.5 Å². The average Bonchev–Trinajstić information content (AvgIpc) is 3.43. The van der Waals surface area contributed by atoms with Crippen LogP contribution in [0.2, 0.25) is 5.02 Å². The molecule has 0 bridgehead atoms. The van der Waals surface area contributed by atoms with Crippen LogP contribution in [0.1, 0.15) is 18.4 Å². The highest BCUT2D eigenvalue weighted by Crippen LogP contribution is 2.32. The summed E-state index contributed by atoms with van der Waals surface area (Å²) in [6.45, 7) is 4.23. The van der Waals surface area contributed by atoms with Gasteiger partial charge in [-0.05, 0) is 73.0 Å². The second kappa shape index (κ2) is 11.5. The van der Waals surface area contributed by atoms with Crippen LogP contribution in [-0.2, 0) is 16.2 Å². The molecule has 0 spiro atoms. The summed E-state index contributed by atoms with van der Waals surface area (Å²) in [6.07, 6.45) is 4.02. The Hall–Kier alpha value is -4.50. The van der Waals surface area contributed by atoms with E-state index in [2.05, 4.69) is 27.2 Å². The highest BCUT2D eigenvalue weighted by atomic mass is 35.5. The minimum atomic E-state index is -0.542. The predicted molar refractivity (Wildman–Crippen MR) is 149 cm³/mol.